The van der Waals surface area contributed by atoms with Gasteiger partial charge in [0.2, 0.25) is 0 Å². The van der Waals surface area contributed by atoms with Gasteiger partial charge in [0.15, 0.2) is 0 Å². The van der Waals surface area contributed by atoms with Gasteiger partial charge < -0.3 is 10.6 Å². The Morgan fingerprint density at radius 1 is 0.864 bits per heavy atom. The Morgan fingerprint density at radius 2 is 1.73 bits per heavy atom. The highest BCUT2D eigenvalue weighted by Gasteiger charge is 2.14. The fourth-order valence-electron chi connectivity index (χ4n) is 3.92. The van der Waals surface area contributed by atoms with E-state index in [9.17, 15) is 0 Å². The van der Waals surface area contributed by atoms with Crippen LogP contribution >= 0.6 is 0 Å². The normalized spacial score (nSPS) is 26.6. The summed E-state index contributed by atoms with van der Waals surface area (Å²) in [6.45, 7) is 2.15. The van der Waals surface area contributed by atoms with E-state index >= 15 is 0 Å². The second-order valence-electron chi connectivity index (χ2n) is 7.20. The first kappa shape index (κ1) is 16.0. The third-order valence-corrected chi connectivity index (χ3v) is 5.35. The molecule has 0 aromatic heterocycles. The average molecular weight is 300 g/mol. The molecule has 122 valence electrons. The maximum Gasteiger partial charge on any atom is 0.0204 e. The van der Waals surface area contributed by atoms with Gasteiger partial charge in [0.25, 0.3) is 0 Å². The van der Waals surface area contributed by atoms with Crippen molar-refractivity contribution in [3.8, 4) is 0 Å². The highest BCUT2D eigenvalue weighted by molar-refractivity contribution is 5.29. The van der Waals surface area contributed by atoms with E-state index in [1.807, 2.05) is 0 Å². The molecule has 1 saturated carbocycles. The summed E-state index contributed by atoms with van der Waals surface area (Å²) in [5.74, 6) is 0. The third kappa shape index (κ3) is 5.10. The summed E-state index contributed by atoms with van der Waals surface area (Å²) in [4.78, 5) is 0. The lowest BCUT2D eigenvalue weighted by atomic mass is 9.94. The minimum atomic E-state index is 0.695. The molecule has 0 heterocycles. The molecule has 0 aromatic carbocycles. The van der Waals surface area contributed by atoms with Crippen molar-refractivity contribution in [2.75, 3.05) is 13.1 Å². The monoisotopic (exact) mass is 300 g/mol. The molecule has 3 aliphatic rings. The molecule has 22 heavy (non-hydrogen) atoms. The van der Waals surface area contributed by atoms with E-state index in [0.29, 0.717) is 6.04 Å². The highest BCUT2D eigenvalue weighted by Crippen LogP contribution is 2.20. The van der Waals surface area contributed by atoms with Crippen molar-refractivity contribution in [2.45, 2.75) is 76.3 Å². The smallest absolute Gasteiger partial charge is 0.0204 e. The Bertz CT molecular complexity index is 427. The summed E-state index contributed by atoms with van der Waals surface area (Å²) < 4.78 is 0. The van der Waals surface area contributed by atoms with E-state index in [0.717, 1.165) is 19.1 Å². The number of hydrogen-bond donors (Lipinski definition) is 2. The predicted molar refractivity (Wildman–Crippen MR) is 95.1 cm³/mol. The van der Waals surface area contributed by atoms with Crippen molar-refractivity contribution in [2.24, 2.45) is 0 Å². The first-order chi connectivity index (χ1) is 10.9. The molecule has 0 aliphatic heterocycles. The van der Waals surface area contributed by atoms with Crippen LogP contribution in [0, 0.1) is 0 Å². The lowest BCUT2D eigenvalue weighted by Crippen LogP contribution is -2.33. The second kappa shape index (κ2) is 8.69. The largest absolute Gasteiger partial charge is 0.310 e. The quantitative estimate of drug-likeness (QED) is 0.716. The van der Waals surface area contributed by atoms with Gasteiger partial charge in [-0.2, -0.15) is 0 Å². The zero-order valence-corrected chi connectivity index (χ0v) is 13.9. The lowest BCUT2D eigenvalue weighted by Gasteiger charge is -2.24. The van der Waals surface area contributed by atoms with Crippen LogP contribution < -0.4 is 10.6 Å². The van der Waals surface area contributed by atoms with Crippen molar-refractivity contribution < 1.29 is 0 Å². The zero-order chi connectivity index (χ0) is 15.0. The molecule has 3 rings (SSSR count). The van der Waals surface area contributed by atoms with Gasteiger partial charge in [0.05, 0.1) is 0 Å². The van der Waals surface area contributed by atoms with Gasteiger partial charge in [0.1, 0.15) is 0 Å². The van der Waals surface area contributed by atoms with Crippen LogP contribution in [-0.4, -0.2) is 25.2 Å². The van der Waals surface area contributed by atoms with Crippen molar-refractivity contribution in [3.05, 3.63) is 35.5 Å². The summed E-state index contributed by atoms with van der Waals surface area (Å²) in [7, 11) is 0. The topological polar surface area (TPSA) is 24.1 Å². The molecule has 0 radical (unpaired) electrons. The van der Waals surface area contributed by atoms with E-state index in [1.54, 1.807) is 5.57 Å². The molecule has 2 N–H and O–H groups in total. The zero-order valence-electron chi connectivity index (χ0n) is 13.9. The Labute approximate surface area is 136 Å². The van der Waals surface area contributed by atoms with Gasteiger partial charge >= 0.3 is 0 Å². The molecule has 0 spiro atoms. The van der Waals surface area contributed by atoms with Crippen molar-refractivity contribution in [3.63, 3.8) is 0 Å². The minimum Gasteiger partial charge on any atom is -0.310 e. The molecular weight excluding hydrogens is 268 g/mol. The Kier molecular flexibility index (Phi) is 6.32. The first-order valence-corrected chi connectivity index (χ1v) is 9.40. The third-order valence-electron chi connectivity index (χ3n) is 5.35. The van der Waals surface area contributed by atoms with Gasteiger partial charge in [-0.15, -0.1) is 0 Å². The summed E-state index contributed by atoms with van der Waals surface area (Å²) in [5, 5.41) is 7.53. The van der Waals surface area contributed by atoms with Gasteiger partial charge in [-0.05, 0) is 50.5 Å². The van der Waals surface area contributed by atoms with E-state index in [4.69, 9.17) is 0 Å². The maximum atomic E-state index is 3.77. The van der Waals surface area contributed by atoms with Crippen molar-refractivity contribution >= 4 is 0 Å². The Morgan fingerprint density at radius 3 is 2.55 bits per heavy atom. The molecule has 0 aromatic rings. The van der Waals surface area contributed by atoms with Gasteiger partial charge in [0, 0.05) is 25.2 Å². The molecule has 0 bridgehead atoms. The fourth-order valence-corrected chi connectivity index (χ4v) is 3.92. The van der Waals surface area contributed by atoms with Crippen LogP contribution in [0.4, 0.5) is 0 Å². The molecule has 0 saturated heterocycles. The number of nitrogens with one attached hydrogen (secondary N) is 2. The lowest BCUT2D eigenvalue weighted by molar-refractivity contribution is 0.383. The van der Waals surface area contributed by atoms with E-state index in [2.05, 4.69) is 34.9 Å². The molecule has 0 amide bonds. The van der Waals surface area contributed by atoms with E-state index < -0.39 is 0 Å². The standard InChI is InChI=1S/C20H32N2/c1-3-10-19(11-4-1)21-15-17-8-7-9-18(14-17)16-22-20-12-5-2-6-13-20/h1,3,9,14,19-22H,2,4-8,10-13,15-16H2/t19-/m1/s1. The molecule has 0 unspecified atom stereocenters. The number of rotatable bonds is 6. The number of allylic oxidation sites excluding steroid dienone is 2. The highest BCUT2D eigenvalue weighted by atomic mass is 14.9. The van der Waals surface area contributed by atoms with Crippen molar-refractivity contribution in [1.82, 2.24) is 10.6 Å². The summed E-state index contributed by atoms with van der Waals surface area (Å²) in [6.07, 6.45) is 22.8. The van der Waals surface area contributed by atoms with Crippen LogP contribution in [0.3, 0.4) is 0 Å². The molecule has 1 fully saturated rings. The predicted octanol–water partition coefficient (Wildman–Crippen LogP) is 4.25. The van der Waals surface area contributed by atoms with Gasteiger partial charge in [-0.3, -0.25) is 0 Å². The van der Waals surface area contributed by atoms with Gasteiger partial charge in [-0.25, -0.2) is 0 Å². The van der Waals surface area contributed by atoms with Crippen LogP contribution in [-0.2, 0) is 0 Å². The summed E-state index contributed by atoms with van der Waals surface area (Å²) in [5.41, 5.74) is 3.11. The maximum absolute atomic E-state index is 3.77. The molecular formula is C20H32N2. The molecule has 2 heteroatoms. The molecule has 2 nitrogen and oxygen atoms in total. The SMILES string of the molecule is C1=CC[C@@H](NCC2=CC(CNC3CCCCC3)=CCC2)CC1. The number of hydrogen-bond acceptors (Lipinski definition) is 2. The Hall–Kier alpha value is -0.860. The first-order valence-electron chi connectivity index (χ1n) is 9.40. The van der Waals surface area contributed by atoms with E-state index in [-0.39, 0.29) is 0 Å². The van der Waals surface area contributed by atoms with Crippen LogP contribution in [0.2, 0.25) is 0 Å². The summed E-state index contributed by atoms with van der Waals surface area (Å²) >= 11 is 0. The van der Waals surface area contributed by atoms with E-state index in [1.165, 1.54) is 69.8 Å². The van der Waals surface area contributed by atoms with Crippen LogP contribution in [0.5, 0.6) is 0 Å². The molecule has 1 atom stereocenters. The summed E-state index contributed by atoms with van der Waals surface area (Å²) in [6, 6.07) is 1.46. The van der Waals surface area contributed by atoms with Gasteiger partial charge in [-0.1, -0.05) is 49.1 Å². The second-order valence-corrected chi connectivity index (χ2v) is 7.20. The Balaban J connectivity index is 1.41. The van der Waals surface area contributed by atoms with Crippen molar-refractivity contribution in [1.29, 1.82) is 0 Å². The average Bonchev–Trinajstić information content (AvgIpc) is 2.60. The van der Waals surface area contributed by atoms with Crippen LogP contribution in [0.25, 0.3) is 0 Å². The minimum absolute atomic E-state index is 0.695. The van der Waals surface area contributed by atoms with Crippen LogP contribution in [0.15, 0.2) is 35.5 Å². The molecule has 3 aliphatic carbocycles. The van der Waals surface area contributed by atoms with Crippen LogP contribution in [0.1, 0.15) is 64.2 Å². The fraction of sp³-hybridized carbons (Fsp3) is 0.700.